The van der Waals surface area contributed by atoms with E-state index in [1.807, 2.05) is 11.3 Å². The van der Waals surface area contributed by atoms with Crippen molar-refractivity contribution in [3.8, 4) is 61.8 Å². The minimum atomic E-state index is -0.490. The molecule has 12 aromatic carbocycles. The lowest BCUT2D eigenvalue weighted by atomic mass is 9.70. The molecule has 1 spiro atoms. The number of nitrogens with zero attached hydrogens (tertiary/aromatic N) is 4. The Morgan fingerprint density at radius 3 is 1.51 bits per heavy atom. The maximum atomic E-state index is 5.45. The fourth-order valence-corrected chi connectivity index (χ4v) is 14.9. The average molecular weight is 1040 g/mol. The Bertz CT molecular complexity index is 4880. The van der Waals surface area contributed by atoms with Crippen molar-refractivity contribution in [1.82, 2.24) is 14.5 Å². The van der Waals surface area contributed by atoms with Crippen LogP contribution >= 0.6 is 11.3 Å². The van der Waals surface area contributed by atoms with Crippen LogP contribution in [0.2, 0.25) is 0 Å². The summed E-state index contributed by atoms with van der Waals surface area (Å²) < 4.78 is 4.74. The second-order valence-corrected chi connectivity index (χ2v) is 22.2. The summed E-state index contributed by atoms with van der Waals surface area (Å²) in [5.74, 6) is 0.634. The standard InChI is InChI=1S/C75H46N4S/c1-4-19-47(20-5-1)48-35-38-52(39-36-48)78(53-40-41-58-57-29-14-17-33-62(57)75(63(58)45-53)60-31-15-12-27-55(60)56-28-13-16-32-61(56)75)68-34-18-30-59-71-69(80-73(59)68)44-43-67-72(71)70-54-26-11-10-21-49(54)37-42-66(70)79(67)74-76-64(50-22-6-2-7-23-50)46-65(77-74)51-24-8-3-9-25-51/h1-46H. The number of hydrogen-bond acceptors (Lipinski definition) is 4. The molecule has 372 valence electrons. The first-order valence-electron chi connectivity index (χ1n) is 27.4. The molecule has 3 aromatic heterocycles. The molecule has 0 unspecified atom stereocenters. The Balaban J connectivity index is 0.932. The zero-order valence-electron chi connectivity index (χ0n) is 43.3. The van der Waals surface area contributed by atoms with Crippen molar-refractivity contribution in [2.75, 3.05) is 4.90 Å². The molecule has 15 aromatic rings. The number of aromatic nitrogens is 3. The molecule has 4 nitrogen and oxygen atoms in total. The van der Waals surface area contributed by atoms with Gasteiger partial charge in [-0.15, -0.1) is 11.3 Å². The second-order valence-electron chi connectivity index (χ2n) is 21.1. The molecule has 80 heavy (non-hydrogen) atoms. The topological polar surface area (TPSA) is 34.0 Å². The van der Waals surface area contributed by atoms with Crippen LogP contribution in [0.5, 0.6) is 0 Å². The van der Waals surface area contributed by atoms with E-state index in [0.717, 1.165) is 50.6 Å². The molecule has 3 heterocycles. The van der Waals surface area contributed by atoms with Crippen molar-refractivity contribution < 1.29 is 0 Å². The van der Waals surface area contributed by atoms with Gasteiger partial charge in [0.2, 0.25) is 5.95 Å². The van der Waals surface area contributed by atoms with Gasteiger partial charge in [-0.1, -0.05) is 224 Å². The summed E-state index contributed by atoms with van der Waals surface area (Å²) in [5, 5.41) is 7.21. The van der Waals surface area contributed by atoms with E-state index in [2.05, 4.69) is 289 Å². The van der Waals surface area contributed by atoms with E-state index < -0.39 is 5.41 Å². The Kier molecular flexibility index (Phi) is 9.76. The van der Waals surface area contributed by atoms with Crippen LogP contribution in [0.25, 0.3) is 115 Å². The maximum Gasteiger partial charge on any atom is 0.235 e. The third-order valence-electron chi connectivity index (χ3n) is 17.0. The molecule has 0 saturated heterocycles. The normalized spacial score (nSPS) is 12.8. The second kappa shape index (κ2) is 17.4. The van der Waals surface area contributed by atoms with Gasteiger partial charge in [0.1, 0.15) is 0 Å². The SMILES string of the molecule is c1ccc(-c2ccc(N(c3ccc4c(c3)C3(c5ccccc5-c5ccccc53)c3ccccc3-4)c3cccc4c3sc3ccc5c(c34)c3c4ccccc4ccc3n5-c3nc(-c4ccccc4)cc(-c4ccccc4)n3)cc2)cc1. The van der Waals surface area contributed by atoms with Gasteiger partial charge in [-0.25, -0.2) is 9.97 Å². The van der Waals surface area contributed by atoms with Crippen molar-refractivity contribution >= 4 is 81.1 Å². The Hall–Kier alpha value is -10.2. The first kappa shape index (κ1) is 44.9. The minimum Gasteiger partial charge on any atom is -0.309 e. The Labute approximate surface area is 466 Å². The zero-order valence-corrected chi connectivity index (χ0v) is 44.1. The van der Waals surface area contributed by atoms with E-state index in [4.69, 9.17) is 9.97 Å². The molecular formula is C75H46N4S. The molecule has 0 atom stereocenters. The quantitative estimate of drug-likeness (QED) is 0.160. The van der Waals surface area contributed by atoms with Gasteiger partial charge in [-0.05, 0) is 121 Å². The number of fused-ring (bicyclic) bond motifs is 19. The molecule has 0 bridgehead atoms. The maximum absolute atomic E-state index is 5.45. The highest BCUT2D eigenvalue weighted by molar-refractivity contribution is 7.26. The molecule has 2 aliphatic rings. The van der Waals surface area contributed by atoms with Crippen molar-refractivity contribution in [2.45, 2.75) is 5.41 Å². The fraction of sp³-hybridized carbons (Fsp3) is 0.0133. The molecule has 0 amide bonds. The summed E-state index contributed by atoms with van der Waals surface area (Å²) in [6.07, 6.45) is 0. The summed E-state index contributed by atoms with van der Waals surface area (Å²) in [7, 11) is 0. The molecular weight excluding hydrogens is 989 g/mol. The first-order chi connectivity index (χ1) is 39.7. The van der Waals surface area contributed by atoms with Gasteiger partial charge in [-0.3, -0.25) is 4.57 Å². The fourth-order valence-electron chi connectivity index (χ4n) is 13.7. The molecule has 17 rings (SSSR count). The lowest BCUT2D eigenvalue weighted by Crippen LogP contribution is -2.26. The van der Waals surface area contributed by atoms with Gasteiger partial charge in [0.05, 0.1) is 38.2 Å². The largest absolute Gasteiger partial charge is 0.309 e. The summed E-state index contributed by atoms with van der Waals surface area (Å²) in [5.41, 5.74) is 21.6. The monoisotopic (exact) mass is 1030 g/mol. The highest BCUT2D eigenvalue weighted by Gasteiger charge is 2.51. The predicted molar refractivity (Wildman–Crippen MR) is 334 cm³/mol. The van der Waals surface area contributed by atoms with Crippen LogP contribution in [0.1, 0.15) is 22.3 Å². The Morgan fingerprint density at radius 1 is 0.350 bits per heavy atom. The number of rotatable bonds is 7. The summed E-state index contributed by atoms with van der Waals surface area (Å²) in [6, 6.07) is 102. The smallest absolute Gasteiger partial charge is 0.235 e. The summed E-state index contributed by atoms with van der Waals surface area (Å²) in [4.78, 5) is 13.4. The number of thiophene rings is 1. The molecule has 0 fully saturated rings. The van der Waals surface area contributed by atoms with Gasteiger partial charge in [-0.2, -0.15) is 0 Å². The number of hydrogen-bond donors (Lipinski definition) is 0. The molecule has 0 N–H and O–H groups in total. The number of anilines is 3. The van der Waals surface area contributed by atoms with Crippen LogP contribution in [0.4, 0.5) is 17.1 Å². The zero-order chi connectivity index (χ0) is 52.5. The van der Waals surface area contributed by atoms with Crippen molar-refractivity contribution in [3.63, 3.8) is 0 Å². The van der Waals surface area contributed by atoms with Crippen LogP contribution < -0.4 is 4.90 Å². The van der Waals surface area contributed by atoms with Gasteiger partial charge < -0.3 is 4.90 Å². The third-order valence-corrected chi connectivity index (χ3v) is 18.2. The first-order valence-corrected chi connectivity index (χ1v) is 28.2. The van der Waals surface area contributed by atoms with Crippen LogP contribution in [0.15, 0.2) is 279 Å². The average Bonchev–Trinajstić information content (AvgIpc) is 3.57. The van der Waals surface area contributed by atoms with E-state index >= 15 is 0 Å². The molecule has 0 radical (unpaired) electrons. The highest BCUT2D eigenvalue weighted by atomic mass is 32.1. The van der Waals surface area contributed by atoms with Gasteiger partial charge in [0.15, 0.2) is 0 Å². The van der Waals surface area contributed by atoms with E-state index in [1.165, 1.54) is 97.4 Å². The minimum absolute atomic E-state index is 0.490. The number of benzene rings is 12. The van der Waals surface area contributed by atoms with Crippen molar-refractivity contribution in [3.05, 3.63) is 301 Å². The van der Waals surface area contributed by atoms with Crippen molar-refractivity contribution in [2.24, 2.45) is 0 Å². The van der Waals surface area contributed by atoms with E-state index in [-0.39, 0.29) is 0 Å². The van der Waals surface area contributed by atoms with E-state index in [0.29, 0.717) is 5.95 Å². The molecule has 2 aliphatic carbocycles. The molecule has 0 aliphatic heterocycles. The lowest BCUT2D eigenvalue weighted by molar-refractivity contribution is 0.793. The predicted octanol–water partition coefficient (Wildman–Crippen LogP) is 19.9. The van der Waals surface area contributed by atoms with Crippen LogP contribution in [0, 0.1) is 0 Å². The highest BCUT2D eigenvalue weighted by Crippen LogP contribution is 2.63. The Morgan fingerprint density at radius 2 is 0.863 bits per heavy atom. The van der Waals surface area contributed by atoms with Crippen LogP contribution in [-0.4, -0.2) is 14.5 Å². The molecule has 5 heteroatoms. The van der Waals surface area contributed by atoms with Gasteiger partial charge in [0.25, 0.3) is 0 Å². The van der Waals surface area contributed by atoms with E-state index in [9.17, 15) is 0 Å². The van der Waals surface area contributed by atoms with Crippen molar-refractivity contribution in [1.29, 1.82) is 0 Å². The molecule has 0 saturated carbocycles. The van der Waals surface area contributed by atoms with E-state index in [1.54, 1.807) is 0 Å². The summed E-state index contributed by atoms with van der Waals surface area (Å²) in [6.45, 7) is 0. The third kappa shape index (κ3) is 6.44. The van der Waals surface area contributed by atoms with Gasteiger partial charge >= 0.3 is 0 Å². The van der Waals surface area contributed by atoms with Gasteiger partial charge in [0, 0.05) is 48.7 Å². The summed E-state index contributed by atoms with van der Waals surface area (Å²) >= 11 is 1.87. The van der Waals surface area contributed by atoms with Crippen LogP contribution in [0.3, 0.4) is 0 Å². The van der Waals surface area contributed by atoms with Crippen LogP contribution in [-0.2, 0) is 5.41 Å². The lowest BCUT2D eigenvalue weighted by Gasteiger charge is -2.32.